The second-order valence-electron chi connectivity index (χ2n) is 6.54. The lowest BCUT2D eigenvalue weighted by molar-refractivity contribution is -0.119. The van der Waals surface area contributed by atoms with E-state index in [-0.39, 0.29) is 10.6 Å². The SMILES string of the molecule is C/C(=N/NC(=O)CN(c1cccc(Cl)c1)S(=O)(=O)c1ccccc1)c1ccc(I)cc1. The lowest BCUT2D eigenvalue weighted by Crippen LogP contribution is -2.39. The lowest BCUT2D eigenvalue weighted by Gasteiger charge is -2.23. The van der Waals surface area contributed by atoms with E-state index in [9.17, 15) is 13.2 Å². The Labute approximate surface area is 200 Å². The highest BCUT2D eigenvalue weighted by molar-refractivity contribution is 14.1. The van der Waals surface area contributed by atoms with Crippen molar-refractivity contribution in [2.45, 2.75) is 11.8 Å². The van der Waals surface area contributed by atoms with E-state index in [1.54, 1.807) is 43.3 Å². The number of carbonyl (C=O) groups is 1. The molecule has 0 unspecified atom stereocenters. The average molecular weight is 568 g/mol. The zero-order valence-corrected chi connectivity index (χ0v) is 20.2. The molecule has 0 bridgehead atoms. The van der Waals surface area contributed by atoms with Crippen LogP contribution in [0.15, 0.2) is 88.9 Å². The van der Waals surface area contributed by atoms with Crippen LogP contribution in [0, 0.1) is 3.57 Å². The van der Waals surface area contributed by atoms with Crippen LogP contribution in [0.3, 0.4) is 0 Å². The Morgan fingerprint density at radius 3 is 2.35 bits per heavy atom. The molecule has 3 aromatic rings. The summed E-state index contributed by atoms with van der Waals surface area (Å²) in [7, 11) is -4.00. The quantitative estimate of drug-likeness (QED) is 0.256. The first-order valence-corrected chi connectivity index (χ1v) is 12.1. The number of hydrazone groups is 1. The smallest absolute Gasteiger partial charge is 0.264 e. The standard InChI is InChI=1S/C22H19ClIN3O3S/c1-16(17-10-12-19(24)13-11-17)25-26-22(28)15-27(20-7-5-6-18(23)14-20)31(29,30)21-8-3-2-4-9-21/h2-14H,15H2,1H3,(H,26,28)/b25-16-. The van der Waals surface area contributed by atoms with Crippen molar-refractivity contribution in [2.75, 3.05) is 10.8 Å². The van der Waals surface area contributed by atoms with Crippen LogP contribution in [0.2, 0.25) is 5.02 Å². The Morgan fingerprint density at radius 2 is 1.71 bits per heavy atom. The van der Waals surface area contributed by atoms with Crippen LogP contribution in [-0.2, 0) is 14.8 Å². The van der Waals surface area contributed by atoms with Crippen molar-refractivity contribution in [3.8, 4) is 0 Å². The minimum atomic E-state index is -4.00. The molecule has 3 rings (SSSR count). The minimum Gasteiger partial charge on any atom is -0.271 e. The molecule has 0 saturated carbocycles. The molecule has 1 N–H and O–H groups in total. The van der Waals surface area contributed by atoms with Gasteiger partial charge in [-0.2, -0.15) is 5.10 Å². The van der Waals surface area contributed by atoms with Crippen molar-refractivity contribution < 1.29 is 13.2 Å². The summed E-state index contributed by atoms with van der Waals surface area (Å²) in [6.45, 7) is 1.30. The van der Waals surface area contributed by atoms with E-state index >= 15 is 0 Å². The van der Waals surface area contributed by atoms with Crippen LogP contribution < -0.4 is 9.73 Å². The molecule has 9 heteroatoms. The predicted octanol–water partition coefficient (Wildman–Crippen LogP) is 4.68. The molecule has 0 aliphatic heterocycles. The molecule has 0 fully saturated rings. The highest BCUT2D eigenvalue weighted by Crippen LogP contribution is 2.25. The van der Waals surface area contributed by atoms with Crippen LogP contribution >= 0.6 is 34.2 Å². The maximum Gasteiger partial charge on any atom is 0.264 e. The molecular weight excluding hydrogens is 549 g/mol. The Bertz CT molecular complexity index is 1200. The van der Waals surface area contributed by atoms with Crippen molar-refractivity contribution >= 4 is 61.5 Å². The molecule has 0 radical (unpaired) electrons. The van der Waals surface area contributed by atoms with Gasteiger partial charge in [-0.3, -0.25) is 9.10 Å². The highest BCUT2D eigenvalue weighted by Gasteiger charge is 2.27. The number of halogens is 2. The summed E-state index contributed by atoms with van der Waals surface area (Å²) in [5.74, 6) is -0.579. The summed E-state index contributed by atoms with van der Waals surface area (Å²) in [5, 5.41) is 4.47. The summed E-state index contributed by atoms with van der Waals surface area (Å²) in [6, 6.07) is 21.9. The van der Waals surface area contributed by atoms with Crippen LogP contribution in [0.4, 0.5) is 5.69 Å². The van der Waals surface area contributed by atoms with E-state index in [0.717, 1.165) is 13.4 Å². The van der Waals surface area contributed by atoms with Crippen molar-refractivity contribution in [1.82, 2.24) is 5.43 Å². The predicted molar refractivity (Wildman–Crippen MR) is 132 cm³/mol. The topological polar surface area (TPSA) is 78.8 Å². The third-order valence-electron chi connectivity index (χ3n) is 4.32. The van der Waals surface area contributed by atoms with Gasteiger partial charge in [-0.1, -0.05) is 48.0 Å². The number of hydrogen-bond donors (Lipinski definition) is 1. The van der Waals surface area contributed by atoms with E-state index in [2.05, 4.69) is 33.1 Å². The fourth-order valence-corrected chi connectivity index (χ4v) is 4.71. The highest BCUT2D eigenvalue weighted by atomic mass is 127. The minimum absolute atomic E-state index is 0.0707. The second kappa shape index (κ2) is 10.3. The van der Waals surface area contributed by atoms with Gasteiger partial charge in [0.2, 0.25) is 0 Å². The first kappa shape index (κ1) is 23.2. The molecule has 0 aliphatic carbocycles. The Morgan fingerprint density at radius 1 is 1.03 bits per heavy atom. The van der Waals surface area contributed by atoms with Gasteiger partial charge < -0.3 is 0 Å². The van der Waals surface area contributed by atoms with Gasteiger partial charge in [-0.15, -0.1) is 0 Å². The van der Waals surface area contributed by atoms with Gasteiger partial charge in [-0.25, -0.2) is 13.8 Å². The van der Waals surface area contributed by atoms with Crippen LogP contribution in [0.5, 0.6) is 0 Å². The number of carbonyl (C=O) groups excluding carboxylic acids is 1. The maximum atomic E-state index is 13.2. The fraction of sp³-hybridized carbons (Fsp3) is 0.0909. The molecule has 160 valence electrons. The monoisotopic (exact) mass is 567 g/mol. The first-order chi connectivity index (χ1) is 14.8. The molecule has 0 atom stereocenters. The summed E-state index contributed by atoms with van der Waals surface area (Å²) in [4.78, 5) is 12.7. The molecule has 0 aromatic heterocycles. The molecule has 0 aliphatic rings. The van der Waals surface area contributed by atoms with Crippen molar-refractivity contribution in [1.29, 1.82) is 0 Å². The van der Waals surface area contributed by atoms with E-state index in [1.165, 1.54) is 18.2 Å². The average Bonchev–Trinajstić information content (AvgIpc) is 2.76. The number of sulfonamides is 1. The van der Waals surface area contributed by atoms with Crippen LogP contribution in [0.25, 0.3) is 0 Å². The van der Waals surface area contributed by atoms with Gasteiger partial charge in [0.25, 0.3) is 15.9 Å². The number of nitrogens with zero attached hydrogens (tertiary/aromatic N) is 2. The molecule has 1 amide bonds. The Hall–Kier alpha value is -2.43. The van der Waals surface area contributed by atoms with Crippen molar-refractivity contribution in [2.24, 2.45) is 5.10 Å². The molecule has 6 nitrogen and oxygen atoms in total. The lowest BCUT2D eigenvalue weighted by atomic mass is 10.1. The van der Waals surface area contributed by atoms with Crippen LogP contribution in [-0.4, -0.2) is 26.6 Å². The van der Waals surface area contributed by atoms with Crippen molar-refractivity contribution in [3.63, 3.8) is 0 Å². The summed E-state index contributed by atoms with van der Waals surface area (Å²) in [6.07, 6.45) is 0. The normalized spacial score (nSPS) is 11.8. The van der Waals surface area contributed by atoms with Gasteiger partial charge in [-0.05, 0) is 77.5 Å². The summed E-state index contributed by atoms with van der Waals surface area (Å²) in [5.41, 5.74) is 4.18. The third-order valence-corrected chi connectivity index (χ3v) is 7.07. The van der Waals surface area contributed by atoms with Gasteiger partial charge in [0, 0.05) is 8.59 Å². The van der Waals surface area contributed by atoms with E-state index in [1.807, 2.05) is 24.3 Å². The third kappa shape index (κ3) is 6.05. The molecule has 3 aromatic carbocycles. The van der Waals surface area contributed by atoms with Crippen LogP contribution in [0.1, 0.15) is 12.5 Å². The summed E-state index contributed by atoms with van der Waals surface area (Å²) < 4.78 is 28.6. The molecule has 0 saturated heterocycles. The summed E-state index contributed by atoms with van der Waals surface area (Å²) >= 11 is 8.26. The van der Waals surface area contributed by atoms with E-state index < -0.39 is 22.5 Å². The molecular formula is C22H19ClIN3O3S. The number of nitrogens with one attached hydrogen (secondary N) is 1. The number of amides is 1. The van der Waals surface area contributed by atoms with E-state index in [0.29, 0.717) is 10.7 Å². The van der Waals surface area contributed by atoms with Crippen molar-refractivity contribution in [3.05, 3.63) is 93.0 Å². The number of anilines is 1. The van der Waals surface area contributed by atoms with E-state index in [4.69, 9.17) is 11.6 Å². The fourth-order valence-electron chi connectivity index (χ4n) is 2.73. The van der Waals surface area contributed by atoms with Gasteiger partial charge in [0.15, 0.2) is 0 Å². The molecule has 0 heterocycles. The van der Waals surface area contributed by atoms with Gasteiger partial charge in [0.05, 0.1) is 16.3 Å². The Balaban J connectivity index is 1.86. The number of benzene rings is 3. The van der Waals surface area contributed by atoms with Gasteiger partial charge >= 0.3 is 0 Å². The zero-order chi connectivity index (χ0) is 22.4. The molecule has 31 heavy (non-hydrogen) atoms. The first-order valence-electron chi connectivity index (χ1n) is 9.20. The molecule has 0 spiro atoms. The van der Waals surface area contributed by atoms with Gasteiger partial charge in [0.1, 0.15) is 6.54 Å². The zero-order valence-electron chi connectivity index (χ0n) is 16.5. The largest absolute Gasteiger partial charge is 0.271 e. The number of hydrogen-bond acceptors (Lipinski definition) is 4. The second-order valence-corrected chi connectivity index (χ2v) is 10.1. The maximum absolute atomic E-state index is 13.2. The number of rotatable bonds is 7. The Kier molecular flexibility index (Phi) is 7.69.